The summed E-state index contributed by atoms with van der Waals surface area (Å²) in [4.78, 5) is 0. The van der Waals surface area contributed by atoms with Crippen molar-refractivity contribution in [3.05, 3.63) is 58.2 Å². The third-order valence-electron chi connectivity index (χ3n) is 5.20. The Morgan fingerprint density at radius 3 is 2.25 bits per heavy atom. The molecule has 1 aromatic rings. The summed E-state index contributed by atoms with van der Waals surface area (Å²) in [5.74, 6) is 0. The minimum absolute atomic E-state index is 0.768. The Morgan fingerprint density at radius 2 is 1.60 bits per heavy atom. The molecule has 1 nitrogen and oxygen atoms in total. The molecule has 0 saturated heterocycles. The van der Waals surface area contributed by atoms with Crippen LogP contribution < -0.4 is 0 Å². The molecule has 0 radical (unpaired) electrons. The highest BCUT2D eigenvalue weighted by molar-refractivity contribution is 5.51. The van der Waals surface area contributed by atoms with Gasteiger partial charge in [0.2, 0.25) is 0 Å². The van der Waals surface area contributed by atoms with Crippen LogP contribution in [0.3, 0.4) is 0 Å². The summed E-state index contributed by atoms with van der Waals surface area (Å²) in [6.45, 7) is 4.28. The van der Waals surface area contributed by atoms with Crippen LogP contribution in [0.1, 0.15) is 57.9 Å². The molecule has 0 heterocycles. The van der Waals surface area contributed by atoms with Crippen molar-refractivity contribution in [2.75, 3.05) is 0 Å². The van der Waals surface area contributed by atoms with Crippen LogP contribution in [0.15, 0.2) is 52.6 Å². The topological polar surface area (TPSA) is 20.2 Å². The second-order valence-electron chi connectivity index (χ2n) is 6.30. The molecule has 0 amide bonds. The van der Waals surface area contributed by atoms with Crippen LogP contribution in [-0.2, 0) is 5.60 Å². The first-order valence-electron chi connectivity index (χ1n) is 7.80. The van der Waals surface area contributed by atoms with Crippen molar-refractivity contribution in [3.63, 3.8) is 0 Å². The molecule has 3 rings (SSSR count). The third kappa shape index (κ3) is 2.14. The van der Waals surface area contributed by atoms with E-state index >= 15 is 0 Å². The van der Waals surface area contributed by atoms with Crippen LogP contribution in [0, 0.1) is 0 Å². The zero-order chi connectivity index (χ0) is 14.2. The molecular formula is C19H24O. The molecule has 1 unspecified atom stereocenters. The molecule has 2 aliphatic rings. The van der Waals surface area contributed by atoms with Gasteiger partial charge in [-0.3, -0.25) is 0 Å². The van der Waals surface area contributed by atoms with Gasteiger partial charge in [-0.1, -0.05) is 42.3 Å². The molecule has 1 aromatic carbocycles. The summed E-state index contributed by atoms with van der Waals surface area (Å²) in [7, 11) is 0. The summed E-state index contributed by atoms with van der Waals surface area (Å²) in [5.41, 5.74) is 5.74. The number of aliphatic hydroxyl groups is 1. The first kappa shape index (κ1) is 13.6. The van der Waals surface area contributed by atoms with Gasteiger partial charge in [0.05, 0.1) is 0 Å². The number of hydrogen-bond donors (Lipinski definition) is 1. The van der Waals surface area contributed by atoms with Crippen LogP contribution in [0.2, 0.25) is 0 Å². The van der Waals surface area contributed by atoms with Crippen molar-refractivity contribution in [1.29, 1.82) is 0 Å². The largest absolute Gasteiger partial charge is 0.380 e. The van der Waals surface area contributed by atoms with E-state index in [1.165, 1.54) is 43.3 Å². The Balaban J connectivity index is 2.02. The Morgan fingerprint density at radius 1 is 0.950 bits per heavy atom. The predicted octanol–water partition coefficient (Wildman–Crippen LogP) is 4.88. The van der Waals surface area contributed by atoms with Crippen molar-refractivity contribution < 1.29 is 5.11 Å². The SMILES string of the molecule is CC1=C(C)C(O)(c2ccccc2)CC1=C1CCCCC1. The highest BCUT2D eigenvalue weighted by Crippen LogP contribution is 2.48. The minimum atomic E-state index is -0.787. The molecule has 2 aliphatic carbocycles. The van der Waals surface area contributed by atoms with E-state index in [-0.39, 0.29) is 0 Å². The predicted molar refractivity (Wildman–Crippen MR) is 83.4 cm³/mol. The summed E-state index contributed by atoms with van der Waals surface area (Å²) in [6, 6.07) is 10.1. The van der Waals surface area contributed by atoms with Gasteiger partial charge in [0.15, 0.2) is 0 Å². The summed E-state index contributed by atoms with van der Waals surface area (Å²) >= 11 is 0. The molecule has 1 heteroatoms. The average Bonchev–Trinajstić information content (AvgIpc) is 2.75. The lowest BCUT2D eigenvalue weighted by atomic mass is 9.85. The summed E-state index contributed by atoms with van der Waals surface area (Å²) in [6.07, 6.45) is 7.21. The Hall–Kier alpha value is -1.34. The Kier molecular flexibility index (Phi) is 3.55. The lowest BCUT2D eigenvalue weighted by Crippen LogP contribution is -2.24. The maximum absolute atomic E-state index is 11.2. The molecule has 1 N–H and O–H groups in total. The number of allylic oxidation sites excluding steroid dienone is 2. The number of benzene rings is 1. The molecule has 1 saturated carbocycles. The van der Waals surface area contributed by atoms with Crippen LogP contribution in [-0.4, -0.2) is 5.11 Å². The highest BCUT2D eigenvalue weighted by atomic mass is 16.3. The second kappa shape index (κ2) is 5.21. The van der Waals surface area contributed by atoms with E-state index in [4.69, 9.17) is 0 Å². The fraction of sp³-hybridized carbons (Fsp3) is 0.474. The normalized spacial score (nSPS) is 27.4. The van der Waals surface area contributed by atoms with Gasteiger partial charge in [0.1, 0.15) is 5.60 Å². The van der Waals surface area contributed by atoms with E-state index in [1.807, 2.05) is 30.3 Å². The monoisotopic (exact) mass is 268 g/mol. The molecular weight excluding hydrogens is 244 g/mol. The molecule has 0 spiro atoms. The van der Waals surface area contributed by atoms with E-state index in [2.05, 4.69) is 13.8 Å². The van der Waals surface area contributed by atoms with Gasteiger partial charge in [-0.05, 0) is 61.8 Å². The second-order valence-corrected chi connectivity index (χ2v) is 6.30. The van der Waals surface area contributed by atoms with E-state index in [1.54, 1.807) is 5.57 Å². The fourth-order valence-electron chi connectivity index (χ4n) is 3.76. The van der Waals surface area contributed by atoms with Crippen molar-refractivity contribution in [3.8, 4) is 0 Å². The summed E-state index contributed by atoms with van der Waals surface area (Å²) < 4.78 is 0. The average molecular weight is 268 g/mol. The molecule has 106 valence electrons. The number of hydrogen-bond acceptors (Lipinski definition) is 1. The van der Waals surface area contributed by atoms with Gasteiger partial charge in [-0.25, -0.2) is 0 Å². The first-order valence-corrected chi connectivity index (χ1v) is 7.80. The molecule has 0 aromatic heterocycles. The van der Waals surface area contributed by atoms with Gasteiger partial charge in [0, 0.05) is 6.42 Å². The standard InChI is InChI=1S/C19H24O/c1-14-15(2)19(20,17-11-7-4-8-12-17)13-18(14)16-9-5-3-6-10-16/h4,7-8,11-12,20H,3,5-6,9-10,13H2,1-2H3. The van der Waals surface area contributed by atoms with Gasteiger partial charge in [-0.2, -0.15) is 0 Å². The van der Waals surface area contributed by atoms with Gasteiger partial charge < -0.3 is 5.11 Å². The van der Waals surface area contributed by atoms with Crippen molar-refractivity contribution >= 4 is 0 Å². The fourth-order valence-corrected chi connectivity index (χ4v) is 3.76. The van der Waals surface area contributed by atoms with Crippen LogP contribution in [0.5, 0.6) is 0 Å². The molecule has 0 aliphatic heterocycles. The maximum Gasteiger partial charge on any atom is 0.115 e. The van der Waals surface area contributed by atoms with Gasteiger partial charge in [-0.15, -0.1) is 0 Å². The molecule has 1 atom stereocenters. The van der Waals surface area contributed by atoms with Crippen molar-refractivity contribution in [2.24, 2.45) is 0 Å². The Bertz CT molecular complexity index is 557. The van der Waals surface area contributed by atoms with Crippen LogP contribution in [0.25, 0.3) is 0 Å². The first-order chi connectivity index (χ1) is 9.63. The molecule has 1 fully saturated rings. The number of rotatable bonds is 1. The minimum Gasteiger partial charge on any atom is -0.380 e. The van der Waals surface area contributed by atoms with E-state index in [0.717, 1.165) is 17.6 Å². The van der Waals surface area contributed by atoms with Crippen molar-refractivity contribution in [2.45, 2.75) is 58.0 Å². The maximum atomic E-state index is 11.2. The molecule has 0 bridgehead atoms. The van der Waals surface area contributed by atoms with E-state index in [9.17, 15) is 5.11 Å². The molecule has 20 heavy (non-hydrogen) atoms. The van der Waals surface area contributed by atoms with Crippen LogP contribution in [0.4, 0.5) is 0 Å². The van der Waals surface area contributed by atoms with Crippen LogP contribution >= 0.6 is 0 Å². The lowest BCUT2D eigenvalue weighted by molar-refractivity contribution is 0.0838. The zero-order valence-electron chi connectivity index (χ0n) is 12.6. The van der Waals surface area contributed by atoms with E-state index in [0.29, 0.717) is 0 Å². The quantitative estimate of drug-likeness (QED) is 0.770. The third-order valence-corrected chi connectivity index (χ3v) is 5.20. The van der Waals surface area contributed by atoms with Gasteiger partial charge in [0.25, 0.3) is 0 Å². The zero-order valence-corrected chi connectivity index (χ0v) is 12.6. The smallest absolute Gasteiger partial charge is 0.115 e. The van der Waals surface area contributed by atoms with E-state index < -0.39 is 5.60 Å². The van der Waals surface area contributed by atoms with Gasteiger partial charge >= 0.3 is 0 Å². The highest BCUT2D eigenvalue weighted by Gasteiger charge is 2.40. The lowest BCUT2D eigenvalue weighted by Gasteiger charge is -2.26. The Labute approximate surface area is 122 Å². The van der Waals surface area contributed by atoms with Crippen molar-refractivity contribution in [1.82, 2.24) is 0 Å². The summed E-state index contributed by atoms with van der Waals surface area (Å²) in [5, 5.41) is 11.2.